The Kier molecular flexibility index (Phi) is 5.49. The number of rotatable bonds is 5. The quantitative estimate of drug-likeness (QED) is 0.902. The van der Waals surface area contributed by atoms with Crippen LogP contribution in [0, 0.1) is 11.8 Å². The van der Waals surface area contributed by atoms with E-state index in [1.54, 1.807) is 0 Å². The second-order valence-electron chi connectivity index (χ2n) is 5.40. The van der Waals surface area contributed by atoms with Gasteiger partial charge in [-0.2, -0.15) is 0 Å². The number of nitrogens with zero attached hydrogens (tertiary/aromatic N) is 1. The van der Waals surface area contributed by atoms with E-state index in [4.69, 9.17) is 22.1 Å². The van der Waals surface area contributed by atoms with Crippen molar-refractivity contribution in [2.24, 2.45) is 17.6 Å². The van der Waals surface area contributed by atoms with Crippen LogP contribution in [0.4, 0.5) is 0 Å². The molecule has 1 fully saturated rings. The van der Waals surface area contributed by atoms with Gasteiger partial charge >= 0.3 is 0 Å². The molecule has 1 unspecified atom stereocenters. The van der Waals surface area contributed by atoms with E-state index in [0.29, 0.717) is 25.0 Å². The Hall–Kier alpha value is -0.770. The molecule has 1 atom stereocenters. The zero-order chi connectivity index (χ0) is 13.7. The number of hydrogen-bond donors (Lipinski definition) is 1. The van der Waals surface area contributed by atoms with E-state index in [-0.39, 0.29) is 0 Å². The first-order chi connectivity index (χ1) is 9.19. The average Bonchev–Trinajstić information content (AvgIpc) is 2.43. The van der Waals surface area contributed by atoms with E-state index in [9.17, 15) is 0 Å². The van der Waals surface area contributed by atoms with E-state index in [1.165, 1.54) is 25.9 Å². The fraction of sp³-hybridized carbons (Fsp3) is 0.600. The SMILES string of the molecule is CN1CCC(C(CN)COc2ccc(Cl)cc2)CC1. The average molecular weight is 283 g/mol. The van der Waals surface area contributed by atoms with Crippen molar-refractivity contribution in [3.8, 4) is 5.75 Å². The zero-order valence-corrected chi connectivity index (χ0v) is 12.3. The molecule has 0 amide bonds. The molecule has 1 aromatic carbocycles. The van der Waals surface area contributed by atoms with Gasteiger partial charge in [0, 0.05) is 10.9 Å². The van der Waals surface area contributed by atoms with E-state index >= 15 is 0 Å². The third-order valence-electron chi connectivity index (χ3n) is 4.01. The predicted octanol–water partition coefficient (Wildman–Crippen LogP) is 2.64. The van der Waals surface area contributed by atoms with Crippen molar-refractivity contribution in [3.05, 3.63) is 29.3 Å². The molecule has 1 aromatic rings. The summed E-state index contributed by atoms with van der Waals surface area (Å²) in [6.45, 7) is 3.73. The van der Waals surface area contributed by atoms with Gasteiger partial charge in [0.15, 0.2) is 0 Å². The second kappa shape index (κ2) is 7.13. The van der Waals surface area contributed by atoms with Gasteiger partial charge in [0.2, 0.25) is 0 Å². The first kappa shape index (κ1) is 14.6. The lowest BCUT2D eigenvalue weighted by molar-refractivity contribution is 0.132. The summed E-state index contributed by atoms with van der Waals surface area (Å²) in [5.41, 5.74) is 5.91. The smallest absolute Gasteiger partial charge is 0.119 e. The van der Waals surface area contributed by atoms with E-state index in [0.717, 1.165) is 10.8 Å². The summed E-state index contributed by atoms with van der Waals surface area (Å²) in [5, 5.41) is 0.734. The van der Waals surface area contributed by atoms with Gasteiger partial charge < -0.3 is 15.4 Å². The summed E-state index contributed by atoms with van der Waals surface area (Å²) >= 11 is 5.86. The summed E-state index contributed by atoms with van der Waals surface area (Å²) in [4.78, 5) is 2.38. The second-order valence-corrected chi connectivity index (χ2v) is 5.84. The van der Waals surface area contributed by atoms with Crippen LogP contribution in [0.15, 0.2) is 24.3 Å². The molecule has 106 valence electrons. The molecule has 0 bridgehead atoms. The van der Waals surface area contributed by atoms with Gasteiger partial charge in [-0.05, 0) is 69.7 Å². The van der Waals surface area contributed by atoms with Gasteiger partial charge in [0.05, 0.1) is 6.61 Å². The Morgan fingerprint density at radius 2 is 1.95 bits per heavy atom. The minimum atomic E-state index is 0.448. The summed E-state index contributed by atoms with van der Waals surface area (Å²) < 4.78 is 5.84. The van der Waals surface area contributed by atoms with Crippen LogP contribution in [0.1, 0.15) is 12.8 Å². The van der Waals surface area contributed by atoms with Crippen LogP contribution in [0.2, 0.25) is 5.02 Å². The lowest BCUT2D eigenvalue weighted by Gasteiger charge is -2.33. The summed E-state index contributed by atoms with van der Waals surface area (Å²) in [5.74, 6) is 2.01. The minimum absolute atomic E-state index is 0.448. The summed E-state index contributed by atoms with van der Waals surface area (Å²) in [7, 11) is 2.18. The molecule has 2 N–H and O–H groups in total. The molecule has 0 spiro atoms. The first-order valence-corrected chi connectivity index (χ1v) is 7.34. The van der Waals surface area contributed by atoms with Gasteiger partial charge in [-0.25, -0.2) is 0 Å². The minimum Gasteiger partial charge on any atom is -0.493 e. The Morgan fingerprint density at radius 1 is 1.32 bits per heavy atom. The highest BCUT2D eigenvalue weighted by molar-refractivity contribution is 6.30. The molecule has 1 saturated heterocycles. The summed E-state index contributed by atoms with van der Waals surface area (Å²) in [6.07, 6.45) is 2.45. The number of hydrogen-bond acceptors (Lipinski definition) is 3. The van der Waals surface area contributed by atoms with Crippen LogP contribution in [0.25, 0.3) is 0 Å². The lowest BCUT2D eigenvalue weighted by Crippen LogP contribution is -2.37. The van der Waals surface area contributed by atoms with Gasteiger partial charge in [-0.15, -0.1) is 0 Å². The number of halogens is 1. The third-order valence-corrected chi connectivity index (χ3v) is 4.26. The Balaban J connectivity index is 1.83. The zero-order valence-electron chi connectivity index (χ0n) is 11.5. The van der Waals surface area contributed by atoms with Gasteiger partial charge in [-0.3, -0.25) is 0 Å². The van der Waals surface area contributed by atoms with E-state index in [2.05, 4.69) is 11.9 Å². The van der Waals surface area contributed by atoms with Crippen molar-refractivity contribution < 1.29 is 4.74 Å². The van der Waals surface area contributed by atoms with Crippen LogP contribution in [-0.2, 0) is 0 Å². The molecule has 0 aromatic heterocycles. The summed E-state index contributed by atoms with van der Waals surface area (Å²) in [6, 6.07) is 7.52. The molecule has 0 aliphatic carbocycles. The molecular formula is C15H23ClN2O. The van der Waals surface area contributed by atoms with Crippen LogP contribution in [0.3, 0.4) is 0 Å². The van der Waals surface area contributed by atoms with E-state index in [1.807, 2.05) is 24.3 Å². The highest BCUT2D eigenvalue weighted by atomic mass is 35.5. The van der Waals surface area contributed by atoms with Crippen molar-refractivity contribution >= 4 is 11.6 Å². The molecular weight excluding hydrogens is 260 g/mol. The molecule has 2 rings (SSSR count). The maximum Gasteiger partial charge on any atom is 0.119 e. The largest absolute Gasteiger partial charge is 0.493 e. The van der Waals surface area contributed by atoms with Crippen LogP contribution < -0.4 is 10.5 Å². The monoisotopic (exact) mass is 282 g/mol. The normalized spacial score (nSPS) is 19.3. The molecule has 3 nitrogen and oxygen atoms in total. The molecule has 0 saturated carbocycles. The van der Waals surface area contributed by atoms with Crippen molar-refractivity contribution in [2.45, 2.75) is 12.8 Å². The molecule has 1 aliphatic rings. The van der Waals surface area contributed by atoms with Gasteiger partial charge in [0.1, 0.15) is 5.75 Å². The highest BCUT2D eigenvalue weighted by Gasteiger charge is 2.24. The Bertz CT molecular complexity index is 374. The third kappa shape index (κ3) is 4.37. The highest BCUT2D eigenvalue weighted by Crippen LogP contribution is 2.25. The van der Waals surface area contributed by atoms with E-state index < -0.39 is 0 Å². The van der Waals surface area contributed by atoms with Crippen molar-refractivity contribution in [1.82, 2.24) is 4.90 Å². The molecule has 19 heavy (non-hydrogen) atoms. The molecule has 4 heteroatoms. The van der Waals surface area contributed by atoms with Crippen molar-refractivity contribution in [1.29, 1.82) is 0 Å². The number of nitrogens with two attached hydrogens (primary N) is 1. The molecule has 1 aliphatic heterocycles. The van der Waals surface area contributed by atoms with Crippen molar-refractivity contribution in [3.63, 3.8) is 0 Å². The predicted molar refractivity (Wildman–Crippen MR) is 79.7 cm³/mol. The molecule has 0 radical (unpaired) electrons. The van der Waals surface area contributed by atoms with Gasteiger partial charge in [-0.1, -0.05) is 11.6 Å². The fourth-order valence-corrected chi connectivity index (χ4v) is 2.76. The lowest BCUT2D eigenvalue weighted by atomic mass is 9.85. The maximum absolute atomic E-state index is 5.91. The Morgan fingerprint density at radius 3 is 2.53 bits per heavy atom. The van der Waals surface area contributed by atoms with Crippen molar-refractivity contribution in [2.75, 3.05) is 33.3 Å². The van der Waals surface area contributed by atoms with Gasteiger partial charge in [0.25, 0.3) is 0 Å². The topological polar surface area (TPSA) is 38.5 Å². The van der Waals surface area contributed by atoms with Crippen LogP contribution in [-0.4, -0.2) is 38.2 Å². The standard InChI is InChI=1S/C15H23ClN2O/c1-18-8-6-12(7-9-18)13(10-17)11-19-15-4-2-14(16)3-5-15/h2-5,12-13H,6-11,17H2,1H3. The van der Waals surface area contributed by atoms with Crippen LogP contribution in [0.5, 0.6) is 5.75 Å². The fourth-order valence-electron chi connectivity index (χ4n) is 2.63. The number of piperidine rings is 1. The number of ether oxygens (including phenoxy) is 1. The maximum atomic E-state index is 5.91. The number of likely N-dealkylation sites (tertiary alicyclic amines) is 1. The Labute approximate surface area is 120 Å². The molecule has 1 heterocycles. The first-order valence-electron chi connectivity index (χ1n) is 6.96. The number of benzene rings is 1. The van der Waals surface area contributed by atoms with Crippen LogP contribution >= 0.6 is 11.6 Å².